The first-order valence-electron chi connectivity index (χ1n) is 7.71. The molecule has 0 saturated carbocycles. The Labute approximate surface area is 145 Å². The summed E-state index contributed by atoms with van der Waals surface area (Å²) in [6, 6.07) is 13.9. The van der Waals surface area contributed by atoms with Crippen molar-refractivity contribution in [2.45, 2.75) is 0 Å². The zero-order chi connectivity index (χ0) is 18.1. The molecule has 0 unspecified atom stereocenters. The summed E-state index contributed by atoms with van der Waals surface area (Å²) in [6.07, 6.45) is 0. The largest absolute Gasteiger partial charge is 0.338 e. The van der Waals surface area contributed by atoms with E-state index in [0.29, 0.717) is 22.5 Å². The van der Waals surface area contributed by atoms with E-state index in [2.05, 4.69) is 25.5 Å². The van der Waals surface area contributed by atoms with E-state index in [1.807, 2.05) is 0 Å². The van der Waals surface area contributed by atoms with E-state index in [0.717, 1.165) is 5.56 Å². The number of hydrogen-bond donors (Lipinski definition) is 3. The first-order valence-corrected chi connectivity index (χ1v) is 7.71. The normalized spacial score (nSPS) is 10.8. The van der Waals surface area contributed by atoms with Gasteiger partial charge >= 0.3 is 0 Å². The van der Waals surface area contributed by atoms with Crippen LogP contribution in [0.2, 0.25) is 0 Å². The summed E-state index contributed by atoms with van der Waals surface area (Å²) in [6.45, 7) is 0. The van der Waals surface area contributed by atoms with E-state index in [1.54, 1.807) is 30.3 Å². The van der Waals surface area contributed by atoms with Crippen LogP contribution in [-0.2, 0) is 0 Å². The maximum Gasteiger partial charge on any atom is 0.276 e. The molecule has 0 radical (unpaired) electrons. The Morgan fingerprint density at radius 3 is 2.58 bits per heavy atom. The van der Waals surface area contributed by atoms with Gasteiger partial charge in [0.1, 0.15) is 17.3 Å². The molecule has 8 heteroatoms. The molecule has 0 spiro atoms. The molecule has 0 fully saturated rings. The Balaban J connectivity index is 1.55. The minimum Gasteiger partial charge on any atom is -0.338 e. The highest BCUT2D eigenvalue weighted by Gasteiger charge is 2.09. The number of carbonyl (C=O) groups excluding carboxylic acids is 1. The zero-order valence-electron chi connectivity index (χ0n) is 13.3. The number of halogens is 1. The number of anilines is 1. The van der Waals surface area contributed by atoms with E-state index in [9.17, 15) is 14.0 Å². The summed E-state index contributed by atoms with van der Waals surface area (Å²) in [7, 11) is 0. The summed E-state index contributed by atoms with van der Waals surface area (Å²) < 4.78 is 13.3. The average molecular weight is 349 g/mol. The number of fused-ring (bicyclic) bond motifs is 1. The lowest BCUT2D eigenvalue weighted by Crippen LogP contribution is -2.17. The number of nitrogens with zero attached hydrogens (tertiary/aromatic N) is 2. The third kappa shape index (κ3) is 3.07. The number of amides is 1. The molecule has 0 atom stereocenters. The number of nitrogens with one attached hydrogen (secondary N) is 3. The number of benzene rings is 2. The first-order chi connectivity index (χ1) is 12.6. The molecule has 26 heavy (non-hydrogen) atoms. The van der Waals surface area contributed by atoms with Gasteiger partial charge in [0.05, 0.1) is 11.0 Å². The molecule has 128 valence electrons. The molecular weight excluding hydrogens is 337 g/mol. The van der Waals surface area contributed by atoms with E-state index in [-0.39, 0.29) is 17.1 Å². The second-order valence-electron chi connectivity index (χ2n) is 5.58. The van der Waals surface area contributed by atoms with Crippen LogP contribution >= 0.6 is 0 Å². The fourth-order valence-electron chi connectivity index (χ4n) is 2.50. The maximum absolute atomic E-state index is 13.3. The zero-order valence-corrected chi connectivity index (χ0v) is 13.3. The van der Waals surface area contributed by atoms with Gasteiger partial charge in [0.25, 0.3) is 11.5 Å². The summed E-state index contributed by atoms with van der Waals surface area (Å²) in [5, 5.41) is 8.57. The lowest BCUT2D eigenvalue weighted by atomic mass is 10.2. The highest BCUT2D eigenvalue weighted by molar-refractivity contribution is 6.02. The SMILES string of the molecule is O=C(Nc1ccc(-c2nc3ccc(F)cc3[nH]2)cc1)c1ccc(=O)[nH]n1. The monoisotopic (exact) mass is 349 g/mol. The summed E-state index contributed by atoms with van der Waals surface area (Å²) in [4.78, 5) is 30.5. The Morgan fingerprint density at radius 1 is 1.04 bits per heavy atom. The first kappa shape index (κ1) is 15.7. The summed E-state index contributed by atoms with van der Waals surface area (Å²) >= 11 is 0. The van der Waals surface area contributed by atoms with Crippen LogP contribution in [0.15, 0.2) is 59.4 Å². The van der Waals surface area contributed by atoms with Crippen molar-refractivity contribution in [3.05, 3.63) is 76.5 Å². The Kier molecular flexibility index (Phi) is 3.77. The van der Waals surface area contributed by atoms with E-state index >= 15 is 0 Å². The van der Waals surface area contributed by atoms with Crippen LogP contribution in [0, 0.1) is 5.82 Å². The number of aromatic amines is 2. The molecular formula is C18H12FN5O2. The minimum absolute atomic E-state index is 0.105. The Bertz CT molecular complexity index is 1140. The summed E-state index contributed by atoms with van der Waals surface area (Å²) in [5.41, 5.74) is 2.37. The van der Waals surface area contributed by atoms with Crippen LogP contribution in [0.1, 0.15) is 10.5 Å². The van der Waals surface area contributed by atoms with Crippen LogP contribution in [0.5, 0.6) is 0 Å². The fraction of sp³-hybridized carbons (Fsp3) is 0. The molecule has 0 aliphatic rings. The van der Waals surface area contributed by atoms with Crippen LogP contribution in [-0.4, -0.2) is 26.1 Å². The third-order valence-electron chi connectivity index (χ3n) is 3.77. The lowest BCUT2D eigenvalue weighted by molar-refractivity contribution is 0.102. The molecule has 4 aromatic rings. The topological polar surface area (TPSA) is 104 Å². The second kappa shape index (κ2) is 6.25. The van der Waals surface area contributed by atoms with Crippen molar-refractivity contribution in [3.8, 4) is 11.4 Å². The van der Waals surface area contributed by atoms with Gasteiger partial charge in [0.2, 0.25) is 0 Å². The fourth-order valence-corrected chi connectivity index (χ4v) is 2.50. The van der Waals surface area contributed by atoms with Crippen molar-refractivity contribution in [1.29, 1.82) is 0 Å². The molecule has 2 aromatic heterocycles. The predicted molar refractivity (Wildman–Crippen MR) is 94.3 cm³/mol. The van der Waals surface area contributed by atoms with E-state index < -0.39 is 5.91 Å². The number of imidazole rings is 1. The second-order valence-corrected chi connectivity index (χ2v) is 5.58. The molecule has 4 rings (SSSR count). The standard InChI is InChI=1S/C18H12FN5O2/c19-11-3-6-13-15(9-11)22-17(21-13)10-1-4-12(5-2-10)20-18(26)14-7-8-16(25)24-23-14/h1-9H,(H,20,26)(H,21,22)(H,24,25). The molecule has 0 aliphatic heterocycles. The number of rotatable bonds is 3. The smallest absolute Gasteiger partial charge is 0.276 e. The molecule has 7 nitrogen and oxygen atoms in total. The quantitative estimate of drug-likeness (QED) is 0.529. The third-order valence-corrected chi connectivity index (χ3v) is 3.77. The number of carbonyl (C=O) groups is 1. The molecule has 0 bridgehead atoms. The molecule has 2 aromatic carbocycles. The average Bonchev–Trinajstić information content (AvgIpc) is 3.06. The predicted octanol–water partition coefficient (Wildman–Crippen LogP) is 2.70. The molecule has 0 aliphatic carbocycles. The van der Waals surface area contributed by atoms with Crippen LogP contribution in [0.4, 0.5) is 10.1 Å². The number of H-pyrrole nitrogens is 2. The van der Waals surface area contributed by atoms with Gasteiger partial charge in [-0.15, -0.1) is 0 Å². The van der Waals surface area contributed by atoms with Crippen molar-refractivity contribution < 1.29 is 9.18 Å². The van der Waals surface area contributed by atoms with Crippen molar-refractivity contribution in [1.82, 2.24) is 20.2 Å². The van der Waals surface area contributed by atoms with Gasteiger partial charge in [-0.3, -0.25) is 9.59 Å². The van der Waals surface area contributed by atoms with Gasteiger partial charge < -0.3 is 10.3 Å². The molecule has 3 N–H and O–H groups in total. The maximum atomic E-state index is 13.3. The molecule has 0 saturated heterocycles. The van der Waals surface area contributed by atoms with Gasteiger partial charge in [-0.2, -0.15) is 5.10 Å². The van der Waals surface area contributed by atoms with Gasteiger partial charge in [0, 0.05) is 17.3 Å². The van der Waals surface area contributed by atoms with Gasteiger partial charge in [-0.05, 0) is 48.5 Å². The number of hydrogen-bond acceptors (Lipinski definition) is 4. The van der Waals surface area contributed by atoms with Crippen LogP contribution in [0.25, 0.3) is 22.4 Å². The highest BCUT2D eigenvalue weighted by atomic mass is 19.1. The van der Waals surface area contributed by atoms with E-state index in [1.165, 1.54) is 24.3 Å². The number of aromatic nitrogens is 4. The lowest BCUT2D eigenvalue weighted by Gasteiger charge is -2.05. The van der Waals surface area contributed by atoms with Gasteiger partial charge in [0.15, 0.2) is 0 Å². The van der Waals surface area contributed by atoms with Crippen molar-refractivity contribution in [3.63, 3.8) is 0 Å². The highest BCUT2D eigenvalue weighted by Crippen LogP contribution is 2.22. The van der Waals surface area contributed by atoms with Crippen LogP contribution < -0.4 is 10.9 Å². The minimum atomic E-state index is -0.437. The van der Waals surface area contributed by atoms with Gasteiger partial charge in [-0.25, -0.2) is 14.5 Å². The van der Waals surface area contributed by atoms with E-state index in [4.69, 9.17) is 0 Å². The molecule has 1 amide bonds. The van der Waals surface area contributed by atoms with Crippen LogP contribution in [0.3, 0.4) is 0 Å². The molecule has 2 heterocycles. The van der Waals surface area contributed by atoms with Crippen molar-refractivity contribution in [2.24, 2.45) is 0 Å². The van der Waals surface area contributed by atoms with Gasteiger partial charge in [-0.1, -0.05) is 0 Å². The Morgan fingerprint density at radius 2 is 1.85 bits per heavy atom. The van der Waals surface area contributed by atoms with Crippen molar-refractivity contribution >= 4 is 22.6 Å². The Hall–Kier alpha value is -3.81. The summed E-state index contributed by atoms with van der Waals surface area (Å²) in [5.74, 6) is -0.166. The van der Waals surface area contributed by atoms with Crippen molar-refractivity contribution in [2.75, 3.05) is 5.32 Å².